The van der Waals surface area contributed by atoms with E-state index in [-0.39, 0.29) is 11.9 Å². The molecule has 3 aromatic rings. The Morgan fingerprint density at radius 1 is 1.00 bits per heavy atom. The fourth-order valence-electron chi connectivity index (χ4n) is 2.12. The largest absolute Gasteiger partial charge is 0.339 e. The minimum Gasteiger partial charge on any atom is -0.339 e. The van der Waals surface area contributed by atoms with Crippen molar-refractivity contribution < 1.29 is 4.79 Å². The minimum absolute atomic E-state index is 0.123. The van der Waals surface area contributed by atoms with E-state index in [2.05, 4.69) is 31.1 Å². The van der Waals surface area contributed by atoms with Crippen LogP contribution < -0.4 is 16.0 Å². The lowest BCUT2D eigenvalue weighted by atomic mass is 10.3. The summed E-state index contributed by atoms with van der Waals surface area (Å²) >= 11 is 12.0. The third-order valence-corrected chi connectivity index (χ3v) is 3.76. The summed E-state index contributed by atoms with van der Waals surface area (Å²) in [6.45, 7) is 1.46. The molecule has 0 atom stereocenters. The topological polar surface area (TPSA) is 91.8 Å². The summed E-state index contributed by atoms with van der Waals surface area (Å²) in [7, 11) is 0. The van der Waals surface area contributed by atoms with Crippen molar-refractivity contribution in [1.29, 1.82) is 0 Å². The standard InChI is InChI=1S/C17H14Cl2N6O/c1-10(26)21-12-3-5-13(6-4-12)22-16-9-20-25-17(24-16)23-15-7-2-11(18)8-14(15)19/h2-9H,1H3,(H,21,26)(H2,22,23,24,25). The molecule has 0 saturated heterocycles. The van der Waals surface area contributed by atoms with Gasteiger partial charge in [-0.1, -0.05) is 23.2 Å². The van der Waals surface area contributed by atoms with Crippen LogP contribution in [-0.2, 0) is 4.79 Å². The van der Waals surface area contributed by atoms with Gasteiger partial charge in [0.25, 0.3) is 0 Å². The molecule has 0 saturated carbocycles. The first-order valence-electron chi connectivity index (χ1n) is 7.56. The molecular formula is C17H14Cl2N6O. The number of nitrogens with one attached hydrogen (secondary N) is 3. The Morgan fingerprint density at radius 3 is 2.42 bits per heavy atom. The van der Waals surface area contributed by atoms with Gasteiger partial charge in [-0.25, -0.2) is 0 Å². The van der Waals surface area contributed by atoms with Gasteiger partial charge >= 0.3 is 0 Å². The molecule has 3 rings (SSSR count). The maximum absolute atomic E-state index is 11.0. The number of hydrogen-bond donors (Lipinski definition) is 3. The lowest BCUT2D eigenvalue weighted by Gasteiger charge is -2.09. The number of aromatic nitrogens is 3. The van der Waals surface area contributed by atoms with Crippen molar-refractivity contribution in [2.45, 2.75) is 6.92 Å². The van der Waals surface area contributed by atoms with Gasteiger partial charge in [-0.3, -0.25) is 4.79 Å². The van der Waals surface area contributed by atoms with Crippen LogP contribution in [0, 0.1) is 0 Å². The molecular weight excluding hydrogens is 375 g/mol. The fraction of sp³-hybridized carbons (Fsp3) is 0.0588. The summed E-state index contributed by atoms with van der Waals surface area (Å²) < 4.78 is 0. The maximum Gasteiger partial charge on any atom is 0.249 e. The zero-order valence-electron chi connectivity index (χ0n) is 13.6. The Hall–Kier alpha value is -2.90. The van der Waals surface area contributed by atoms with Crippen LogP contribution in [0.3, 0.4) is 0 Å². The Morgan fingerprint density at radius 2 is 1.73 bits per heavy atom. The summed E-state index contributed by atoms with van der Waals surface area (Å²) in [5.74, 6) is 0.663. The highest BCUT2D eigenvalue weighted by Gasteiger charge is 2.06. The molecule has 0 aliphatic rings. The summed E-state index contributed by atoms with van der Waals surface area (Å²) in [6, 6.07) is 12.3. The zero-order valence-corrected chi connectivity index (χ0v) is 15.1. The fourth-order valence-corrected chi connectivity index (χ4v) is 2.57. The first-order valence-corrected chi connectivity index (χ1v) is 8.32. The molecule has 132 valence electrons. The van der Waals surface area contributed by atoms with E-state index in [4.69, 9.17) is 23.2 Å². The number of nitrogens with zero attached hydrogens (tertiary/aromatic N) is 3. The maximum atomic E-state index is 11.0. The normalized spacial score (nSPS) is 10.3. The zero-order chi connectivity index (χ0) is 18.5. The van der Waals surface area contributed by atoms with Crippen LogP contribution in [0.1, 0.15) is 6.92 Å². The Balaban J connectivity index is 1.72. The van der Waals surface area contributed by atoms with Crippen molar-refractivity contribution in [3.63, 3.8) is 0 Å². The number of anilines is 5. The average Bonchev–Trinajstić information content (AvgIpc) is 2.59. The quantitative estimate of drug-likeness (QED) is 0.590. The number of rotatable bonds is 5. The molecule has 0 unspecified atom stereocenters. The Kier molecular flexibility index (Phi) is 5.50. The molecule has 0 spiro atoms. The molecule has 26 heavy (non-hydrogen) atoms. The molecule has 3 N–H and O–H groups in total. The van der Waals surface area contributed by atoms with Gasteiger partial charge < -0.3 is 16.0 Å². The van der Waals surface area contributed by atoms with E-state index in [0.29, 0.717) is 27.2 Å². The van der Waals surface area contributed by atoms with Crippen molar-refractivity contribution in [3.05, 3.63) is 58.7 Å². The van der Waals surface area contributed by atoms with E-state index in [1.54, 1.807) is 30.3 Å². The van der Waals surface area contributed by atoms with Gasteiger partial charge in [-0.15, -0.1) is 5.10 Å². The average molecular weight is 389 g/mol. The Bertz CT molecular complexity index is 933. The highest BCUT2D eigenvalue weighted by Crippen LogP contribution is 2.27. The highest BCUT2D eigenvalue weighted by molar-refractivity contribution is 6.36. The number of halogens is 2. The third kappa shape index (κ3) is 4.81. The van der Waals surface area contributed by atoms with Crippen molar-refractivity contribution in [2.75, 3.05) is 16.0 Å². The van der Waals surface area contributed by atoms with Crippen LogP contribution >= 0.6 is 23.2 Å². The molecule has 7 nitrogen and oxygen atoms in total. The number of amides is 1. The first kappa shape index (κ1) is 17.9. The lowest BCUT2D eigenvalue weighted by molar-refractivity contribution is -0.114. The van der Waals surface area contributed by atoms with E-state index >= 15 is 0 Å². The molecule has 0 fully saturated rings. The molecule has 0 bridgehead atoms. The van der Waals surface area contributed by atoms with Gasteiger partial charge in [-0.2, -0.15) is 10.1 Å². The minimum atomic E-state index is -0.123. The third-order valence-electron chi connectivity index (χ3n) is 3.21. The summed E-state index contributed by atoms with van der Waals surface area (Å²) in [5.41, 5.74) is 2.12. The van der Waals surface area contributed by atoms with E-state index in [1.807, 2.05) is 12.1 Å². The number of carbonyl (C=O) groups is 1. The monoisotopic (exact) mass is 388 g/mol. The second kappa shape index (κ2) is 7.99. The van der Waals surface area contributed by atoms with Crippen molar-refractivity contribution in [2.24, 2.45) is 0 Å². The van der Waals surface area contributed by atoms with Gasteiger partial charge in [0.15, 0.2) is 5.82 Å². The van der Waals surface area contributed by atoms with Crippen LogP contribution in [0.25, 0.3) is 0 Å². The Labute approximate surface area is 159 Å². The lowest BCUT2D eigenvalue weighted by Crippen LogP contribution is -2.05. The molecule has 0 radical (unpaired) electrons. The van der Waals surface area contributed by atoms with Crippen LogP contribution in [0.15, 0.2) is 48.7 Å². The molecule has 1 heterocycles. The second-order valence-electron chi connectivity index (χ2n) is 5.30. The molecule has 2 aromatic carbocycles. The van der Waals surface area contributed by atoms with E-state index in [9.17, 15) is 4.79 Å². The van der Waals surface area contributed by atoms with Crippen LogP contribution in [0.4, 0.5) is 28.8 Å². The van der Waals surface area contributed by atoms with Gasteiger partial charge in [0.05, 0.1) is 16.9 Å². The van der Waals surface area contributed by atoms with Crippen molar-refractivity contribution in [3.8, 4) is 0 Å². The van der Waals surface area contributed by atoms with E-state index in [1.165, 1.54) is 13.1 Å². The predicted octanol–water partition coefficient (Wildman–Crippen LogP) is 4.62. The predicted molar refractivity (Wildman–Crippen MR) is 104 cm³/mol. The first-order chi connectivity index (χ1) is 12.5. The van der Waals surface area contributed by atoms with E-state index < -0.39 is 0 Å². The number of benzene rings is 2. The second-order valence-corrected chi connectivity index (χ2v) is 6.14. The van der Waals surface area contributed by atoms with Crippen LogP contribution in [0.2, 0.25) is 10.0 Å². The van der Waals surface area contributed by atoms with Gasteiger partial charge in [0, 0.05) is 23.3 Å². The molecule has 0 aliphatic heterocycles. The van der Waals surface area contributed by atoms with Crippen molar-refractivity contribution >= 4 is 57.9 Å². The van der Waals surface area contributed by atoms with Crippen LogP contribution in [0.5, 0.6) is 0 Å². The highest BCUT2D eigenvalue weighted by atomic mass is 35.5. The molecule has 9 heteroatoms. The SMILES string of the molecule is CC(=O)Nc1ccc(Nc2cnnc(Nc3ccc(Cl)cc3Cl)n2)cc1. The van der Waals surface area contributed by atoms with Gasteiger partial charge in [0.2, 0.25) is 11.9 Å². The van der Waals surface area contributed by atoms with Gasteiger partial charge in [-0.05, 0) is 42.5 Å². The van der Waals surface area contributed by atoms with Crippen LogP contribution in [-0.4, -0.2) is 21.1 Å². The summed E-state index contributed by atoms with van der Waals surface area (Å²) in [6.07, 6.45) is 1.50. The molecule has 1 aromatic heterocycles. The number of carbonyl (C=O) groups excluding carboxylic acids is 1. The summed E-state index contributed by atoms with van der Waals surface area (Å²) in [5, 5.41) is 17.7. The van der Waals surface area contributed by atoms with E-state index in [0.717, 1.165) is 5.69 Å². The van der Waals surface area contributed by atoms with Crippen molar-refractivity contribution in [1.82, 2.24) is 15.2 Å². The smallest absolute Gasteiger partial charge is 0.249 e. The van der Waals surface area contributed by atoms with Gasteiger partial charge in [0.1, 0.15) is 0 Å². The molecule has 1 amide bonds. The molecule has 0 aliphatic carbocycles. The summed E-state index contributed by atoms with van der Waals surface area (Å²) in [4.78, 5) is 15.4. The number of hydrogen-bond acceptors (Lipinski definition) is 6.